The highest BCUT2D eigenvalue weighted by atomic mass is 35.5. The molecule has 0 aliphatic carbocycles. The van der Waals surface area contributed by atoms with Crippen LogP contribution in [0.4, 0.5) is 5.69 Å². The highest BCUT2D eigenvalue weighted by molar-refractivity contribution is 6.33. The van der Waals surface area contributed by atoms with Gasteiger partial charge < -0.3 is 0 Å². The Bertz CT molecular complexity index is 467. The number of nitrogens with zero attached hydrogens (tertiary/aromatic N) is 2. The summed E-state index contributed by atoms with van der Waals surface area (Å²) < 4.78 is 1.65. The summed E-state index contributed by atoms with van der Waals surface area (Å²) in [7, 11) is 0. The minimum Gasteiger partial charge on any atom is -0.299 e. The van der Waals surface area contributed by atoms with Crippen LogP contribution in [-0.2, 0) is 4.79 Å². The predicted octanol–water partition coefficient (Wildman–Crippen LogP) is 1.06. The first-order chi connectivity index (χ1) is 6.81. The van der Waals surface area contributed by atoms with E-state index < -0.39 is 0 Å². The number of halogens is 1. The van der Waals surface area contributed by atoms with Gasteiger partial charge in [0.1, 0.15) is 0 Å². The van der Waals surface area contributed by atoms with E-state index in [1.54, 1.807) is 29.0 Å². The maximum Gasteiger partial charge on any atom is 0.225 e. The van der Waals surface area contributed by atoms with E-state index in [0.717, 1.165) is 11.2 Å². The monoisotopic (exact) mass is 210 g/mol. The molecule has 0 fully saturated rings. The van der Waals surface area contributed by atoms with Gasteiger partial charge in [-0.2, -0.15) is 5.10 Å². The fourth-order valence-electron chi connectivity index (χ4n) is 1.14. The predicted molar refractivity (Wildman–Crippen MR) is 53.0 cm³/mol. The molecule has 0 bridgehead atoms. The second-order valence-electron chi connectivity index (χ2n) is 2.62. The zero-order valence-electron chi connectivity index (χ0n) is 7.07. The lowest BCUT2D eigenvalue weighted by Crippen LogP contribution is -2.18. The van der Waals surface area contributed by atoms with E-state index in [9.17, 15) is 4.79 Å². The smallest absolute Gasteiger partial charge is 0.225 e. The lowest BCUT2D eigenvalue weighted by atomic mass is 10.3. The van der Waals surface area contributed by atoms with Crippen LogP contribution in [0.2, 0.25) is 5.02 Å². The van der Waals surface area contributed by atoms with Crippen LogP contribution >= 0.6 is 11.6 Å². The number of hydrazine groups is 1. The Kier molecular flexibility index (Phi) is 2.24. The maximum absolute atomic E-state index is 10.0. The van der Waals surface area contributed by atoms with E-state index in [4.69, 9.17) is 11.6 Å². The molecule has 0 unspecified atom stereocenters. The van der Waals surface area contributed by atoms with Crippen molar-refractivity contribution in [1.82, 2.24) is 15.0 Å². The summed E-state index contributed by atoms with van der Waals surface area (Å²) in [6.45, 7) is 0. The second-order valence-corrected chi connectivity index (χ2v) is 3.03. The molecule has 2 heterocycles. The Balaban J connectivity index is 2.39. The molecule has 0 aliphatic heterocycles. The summed E-state index contributed by atoms with van der Waals surface area (Å²) >= 11 is 5.88. The zero-order valence-corrected chi connectivity index (χ0v) is 7.82. The molecule has 0 saturated carbocycles. The van der Waals surface area contributed by atoms with Gasteiger partial charge >= 0.3 is 0 Å². The topological polar surface area (TPSA) is 58.4 Å². The van der Waals surface area contributed by atoms with Crippen LogP contribution in [0.15, 0.2) is 24.5 Å². The van der Waals surface area contributed by atoms with Crippen LogP contribution in [0.1, 0.15) is 0 Å². The largest absolute Gasteiger partial charge is 0.299 e. The van der Waals surface area contributed by atoms with Crippen molar-refractivity contribution in [2.24, 2.45) is 0 Å². The summed E-state index contributed by atoms with van der Waals surface area (Å²) in [5, 5.41) is 4.58. The number of pyridine rings is 1. The van der Waals surface area contributed by atoms with Gasteiger partial charge in [-0.1, -0.05) is 11.6 Å². The fraction of sp³-hybridized carbons (Fsp3) is 0. The highest BCUT2D eigenvalue weighted by Crippen LogP contribution is 2.19. The van der Waals surface area contributed by atoms with Crippen molar-refractivity contribution in [2.75, 3.05) is 5.43 Å². The molecule has 0 saturated heterocycles. The van der Waals surface area contributed by atoms with Gasteiger partial charge in [-0.05, 0) is 12.1 Å². The summed E-state index contributed by atoms with van der Waals surface area (Å²) in [5.41, 5.74) is 6.55. The molecule has 14 heavy (non-hydrogen) atoms. The highest BCUT2D eigenvalue weighted by Gasteiger charge is 2.01. The number of carbonyl (C=O) groups excluding carboxylic acids is 1. The third kappa shape index (κ3) is 1.49. The summed E-state index contributed by atoms with van der Waals surface area (Å²) in [6, 6.07) is 3.55. The van der Waals surface area contributed by atoms with Gasteiger partial charge in [-0.15, -0.1) is 0 Å². The Morgan fingerprint density at radius 3 is 3.21 bits per heavy atom. The number of amides is 1. The van der Waals surface area contributed by atoms with Gasteiger partial charge in [0.15, 0.2) is 0 Å². The molecule has 0 aliphatic rings. The number of aromatic nitrogens is 2. The molecule has 0 spiro atoms. The van der Waals surface area contributed by atoms with E-state index in [2.05, 4.69) is 16.0 Å². The third-order valence-corrected chi connectivity index (χ3v) is 2.04. The summed E-state index contributed by atoms with van der Waals surface area (Å²) in [6.07, 6.45) is 3.87. The molecule has 0 aromatic carbocycles. The number of carbonyl (C=O) groups is 1. The average Bonchev–Trinajstić information content (AvgIpc) is 2.57. The molecule has 5 nitrogen and oxygen atoms in total. The van der Waals surface area contributed by atoms with Gasteiger partial charge in [0.25, 0.3) is 0 Å². The quantitative estimate of drug-likeness (QED) is 0.588. The lowest BCUT2D eigenvalue weighted by Gasteiger charge is -2.03. The first-order valence-electron chi connectivity index (χ1n) is 3.89. The van der Waals surface area contributed by atoms with Crippen molar-refractivity contribution in [3.05, 3.63) is 29.5 Å². The molecule has 0 atom stereocenters. The van der Waals surface area contributed by atoms with Crippen LogP contribution in [0.25, 0.3) is 5.52 Å². The van der Waals surface area contributed by atoms with Crippen LogP contribution < -0.4 is 10.9 Å². The molecule has 6 heteroatoms. The van der Waals surface area contributed by atoms with Crippen molar-refractivity contribution in [1.29, 1.82) is 0 Å². The minimum absolute atomic E-state index is 0.558. The van der Waals surface area contributed by atoms with E-state index in [0.29, 0.717) is 11.4 Å². The van der Waals surface area contributed by atoms with Crippen molar-refractivity contribution in [3.8, 4) is 0 Å². The van der Waals surface area contributed by atoms with Crippen LogP contribution in [0.3, 0.4) is 0 Å². The molecule has 1 amide bonds. The molecule has 2 rings (SSSR count). The normalized spacial score (nSPS) is 10.1. The maximum atomic E-state index is 10.0. The number of fused-ring (bicyclic) bond motifs is 1. The number of nitrogens with one attached hydrogen (secondary N) is 2. The summed E-state index contributed by atoms with van der Waals surface area (Å²) in [5.74, 6) is 0. The SMILES string of the molecule is O=CNNc1ccn2ncc(Cl)c2c1. The molecular weight excluding hydrogens is 204 g/mol. The lowest BCUT2D eigenvalue weighted by molar-refractivity contribution is -0.109. The van der Waals surface area contributed by atoms with Crippen LogP contribution in [-0.4, -0.2) is 16.0 Å². The van der Waals surface area contributed by atoms with Gasteiger partial charge in [0.05, 0.1) is 22.4 Å². The van der Waals surface area contributed by atoms with Gasteiger partial charge in [-0.3, -0.25) is 15.6 Å². The first kappa shape index (κ1) is 8.83. The van der Waals surface area contributed by atoms with Crippen molar-refractivity contribution in [3.63, 3.8) is 0 Å². The fourth-order valence-corrected chi connectivity index (χ4v) is 1.33. The van der Waals surface area contributed by atoms with E-state index in [1.807, 2.05) is 0 Å². The molecule has 2 aromatic rings. The van der Waals surface area contributed by atoms with E-state index >= 15 is 0 Å². The molecule has 2 N–H and O–H groups in total. The average molecular weight is 211 g/mol. The van der Waals surface area contributed by atoms with Gasteiger partial charge in [0, 0.05) is 6.20 Å². The Morgan fingerprint density at radius 2 is 2.43 bits per heavy atom. The van der Waals surface area contributed by atoms with Gasteiger partial charge in [-0.25, -0.2) is 4.52 Å². The van der Waals surface area contributed by atoms with Crippen LogP contribution in [0.5, 0.6) is 0 Å². The Morgan fingerprint density at radius 1 is 1.57 bits per heavy atom. The Labute approximate surface area is 84.6 Å². The third-order valence-electron chi connectivity index (χ3n) is 1.75. The Hall–Kier alpha value is -1.75. The molecule has 2 aromatic heterocycles. The van der Waals surface area contributed by atoms with Crippen LogP contribution in [0, 0.1) is 0 Å². The van der Waals surface area contributed by atoms with Crippen molar-refractivity contribution < 1.29 is 4.79 Å². The zero-order chi connectivity index (χ0) is 9.97. The first-order valence-corrected chi connectivity index (χ1v) is 4.27. The number of hydrogen-bond acceptors (Lipinski definition) is 3. The summed E-state index contributed by atoms with van der Waals surface area (Å²) in [4.78, 5) is 10.0. The molecular formula is C8H7ClN4O. The standard InChI is InChI=1S/C8H7ClN4O/c9-7-4-11-13-2-1-6(3-8(7)13)12-10-5-14/h1-5,12H,(H,10,14). The molecule has 72 valence electrons. The molecule has 0 radical (unpaired) electrons. The second kappa shape index (κ2) is 3.55. The van der Waals surface area contributed by atoms with Gasteiger partial charge in [0.2, 0.25) is 6.41 Å². The van der Waals surface area contributed by atoms with E-state index in [1.165, 1.54) is 0 Å². The minimum atomic E-state index is 0.558. The number of hydrogen-bond donors (Lipinski definition) is 2. The number of anilines is 1. The van der Waals surface area contributed by atoms with Crippen molar-refractivity contribution in [2.45, 2.75) is 0 Å². The van der Waals surface area contributed by atoms with Crippen molar-refractivity contribution >= 4 is 29.2 Å². The van der Waals surface area contributed by atoms with E-state index in [-0.39, 0.29) is 0 Å². The number of rotatable bonds is 3.